The first-order valence-electron chi connectivity index (χ1n) is 9.52. The molecule has 17 heteroatoms. The van der Waals surface area contributed by atoms with E-state index in [1.54, 1.807) is 21.2 Å². The number of benzene rings is 2. The Morgan fingerprint density at radius 3 is 2.08 bits per heavy atom. The highest BCUT2D eigenvalue weighted by molar-refractivity contribution is 14.2. The van der Waals surface area contributed by atoms with Gasteiger partial charge in [0.25, 0.3) is 0 Å². The average Bonchev–Trinajstić information content (AvgIpc) is 2.77. The van der Waals surface area contributed by atoms with Gasteiger partial charge in [0, 0.05) is 21.2 Å². The highest BCUT2D eigenvalue weighted by Gasteiger charge is 2.42. The number of carbonyl (C=O) groups excluding carboxylic acids is 1. The predicted molar refractivity (Wildman–Crippen MR) is 136 cm³/mol. The second-order valence-corrected chi connectivity index (χ2v) is 8.54. The summed E-state index contributed by atoms with van der Waals surface area (Å²) in [6.07, 6.45) is -12.7. The Kier molecular flexibility index (Phi) is 11.6. The van der Waals surface area contributed by atoms with E-state index in [4.69, 9.17) is 35.1 Å². The summed E-state index contributed by atoms with van der Waals surface area (Å²) in [6.45, 7) is 4.00. The van der Waals surface area contributed by atoms with Crippen LogP contribution in [0.1, 0.15) is 30.5 Å². The average molecular weight is 675 g/mol. The van der Waals surface area contributed by atoms with Crippen LogP contribution in [0.2, 0.25) is 5.02 Å². The molecule has 2 rings (SSSR count). The van der Waals surface area contributed by atoms with Gasteiger partial charge in [0.05, 0.1) is 40.4 Å². The molecule has 37 heavy (non-hydrogen) atoms. The summed E-state index contributed by atoms with van der Waals surface area (Å²) in [5.41, 5.74) is -5.80. The van der Waals surface area contributed by atoms with Crippen LogP contribution in [-0.2, 0) is 12.4 Å². The molecule has 0 spiro atoms. The number of ether oxygens (including phenoxy) is 1. The van der Waals surface area contributed by atoms with Crippen LogP contribution < -0.4 is 9.64 Å². The molecule has 0 atom stereocenters. The number of anilines is 1. The number of carbonyl (C=O) groups is 1. The van der Waals surface area contributed by atoms with Crippen molar-refractivity contribution in [3.8, 4) is 16.9 Å². The number of amides is 1. The summed E-state index contributed by atoms with van der Waals surface area (Å²) in [5, 5.41) is -1.85. The maximum Gasteiger partial charge on any atom is 0.420 e. The molecule has 2 aromatic rings. The van der Waals surface area contributed by atoms with Crippen molar-refractivity contribution in [1.82, 2.24) is 0 Å². The lowest BCUT2D eigenvalue weighted by Gasteiger charge is -2.36. The van der Waals surface area contributed by atoms with Crippen LogP contribution in [0.4, 0.5) is 45.6 Å². The maximum atomic E-state index is 14.5. The van der Waals surface area contributed by atoms with Gasteiger partial charge in [0.15, 0.2) is 11.6 Å². The number of hydrogen-bond acceptors (Lipinski definition) is 3. The van der Waals surface area contributed by atoms with Gasteiger partial charge in [-0.05, 0) is 38.5 Å². The quantitative estimate of drug-likeness (QED) is 0.114. The van der Waals surface area contributed by atoms with E-state index in [0.717, 1.165) is 0 Å². The van der Waals surface area contributed by atoms with Crippen LogP contribution in [0.15, 0.2) is 24.3 Å². The summed E-state index contributed by atoms with van der Waals surface area (Å²) in [5.74, 6) is -2.39. The molecule has 0 saturated heterocycles. The number of hydrogen-bond donors (Lipinski definition) is 0. The highest BCUT2D eigenvalue weighted by Crippen LogP contribution is 2.43. The van der Waals surface area contributed by atoms with Crippen LogP contribution in [0.3, 0.4) is 0 Å². The number of alkyl halides is 6. The van der Waals surface area contributed by atoms with Crippen molar-refractivity contribution in [2.45, 2.75) is 31.4 Å². The van der Waals surface area contributed by atoms with Crippen LogP contribution in [-0.4, -0.2) is 34.9 Å². The summed E-state index contributed by atoms with van der Waals surface area (Å²) >= 11 is 7.03. The molecular weight excluding hydrogens is 665 g/mol. The van der Waals surface area contributed by atoms with Gasteiger partial charge in [-0.3, -0.25) is 4.90 Å². The van der Waals surface area contributed by atoms with Crippen LogP contribution in [0.5, 0.6) is 5.75 Å². The Hall–Kier alpha value is -1.73. The molecule has 0 unspecified atom stereocenters. The molecule has 6 radical (unpaired) electrons. The van der Waals surface area contributed by atoms with Crippen LogP contribution in [0.25, 0.3) is 0 Å². The molecule has 0 aliphatic heterocycles. The van der Waals surface area contributed by atoms with Gasteiger partial charge in [-0.25, -0.2) is 13.6 Å². The SMILES string of the molecule is CC.[B]C([B])([B])N(C(=O)Oc1c(C#CSI)cc(C(F)(F)F)cc1C(F)(F)F)c1ccc(F)c(Cl)c1F. The van der Waals surface area contributed by atoms with Gasteiger partial charge in [0.2, 0.25) is 0 Å². The topological polar surface area (TPSA) is 29.5 Å². The Morgan fingerprint density at radius 1 is 1.05 bits per heavy atom. The Labute approximate surface area is 231 Å². The smallest absolute Gasteiger partial charge is 0.408 e. The van der Waals surface area contributed by atoms with Crippen molar-refractivity contribution in [1.29, 1.82) is 0 Å². The number of halogens is 10. The molecule has 0 aliphatic rings. The second-order valence-electron chi connectivity index (χ2n) is 6.49. The number of rotatable bonds is 3. The van der Waals surface area contributed by atoms with Crippen molar-refractivity contribution in [3.05, 3.63) is 57.6 Å². The molecule has 0 aromatic heterocycles. The van der Waals surface area contributed by atoms with E-state index in [-0.39, 0.29) is 17.0 Å². The lowest BCUT2D eigenvalue weighted by atomic mass is 9.48. The summed E-state index contributed by atoms with van der Waals surface area (Å²) in [6, 6.07) is 1.02. The van der Waals surface area contributed by atoms with E-state index >= 15 is 0 Å². The van der Waals surface area contributed by atoms with E-state index in [2.05, 4.69) is 9.99 Å². The first-order valence-corrected chi connectivity index (χ1v) is 13.3. The van der Waals surface area contributed by atoms with Crippen molar-refractivity contribution >= 4 is 77.1 Å². The van der Waals surface area contributed by atoms with Crippen molar-refractivity contribution in [2.24, 2.45) is 0 Å². The molecule has 1 amide bonds. The summed E-state index contributed by atoms with van der Waals surface area (Å²) in [4.78, 5) is 12.7. The van der Waals surface area contributed by atoms with Gasteiger partial charge in [-0.2, -0.15) is 26.3 Å². The van der Waals surface area contributed by atoms with Gasteiger partial charge in [-0.1, -0.05) is 36.6 Å². The Bertz CT molecular complexity index is 1210. The van der Waals surface area contributed by atoms with E-state index in [0.29, 0.717) is 21.1 Å². The standard InChI is InChI=1S/C18H4B3ClF8INO2S.C2H6/c19-18(20,21)32(11-2-1-10(23)12(22)13(11)24)15(33)34-14-7(3-4-35-31)5-8(16(25,26)27)6-9(14)17(28,29)30;1-2/h1-2,5-6H;1-2H3. The molecule has 2 aromatic carbocycles. The second kappa shape index (κ2) is 12.9. The molecule has 192 valence electrons. The zero-order valence-corrected chi connectivity index (χ0v) is 22.2. The zero-order valence-electron chi connectivity index (χ0n) is 18.5. The molecule has 0 saturated carbocycles. The van der Waals surface area contributed by atoms with Crippen molar-refractivity contribution in [2.75, 3.05) is 4.90 Å². The Morgan fingerprint density at radius 2 is 1.62 bits per heavy atom. The van der Waals surface area contributed by atoms with Crippen molar-refractivity contribution < 1.29 is 44.7 Å². The largest absolute Gasteiger partial charge is 0.420 e. The summed E-state index contributed by atoms with van der Waals surface area (Å²) in [7, 11) is 17.0. The van der Waals surface area contributed by atoms with Gasteiger partial charge in [0.1, 0.15) is 16.4 Å². The predicted octanol–water partition coefficient (Wildman–Crippen LogP) is 7.20. The lowest BCUT2D eigenvalue weighted by Crippen LogP contribution is -2.55. The molecule has 0 fully saturated rings. The molecule has 0 bridgehead atoms. The molecule has 3 nitrogen and oxygen atoms in total. The third-order valence-corrected chi connectivity index (χ3v) is 5.15. The highest BCUT2D eigenvalue weighted by atomic mass is 127. The lowest BCUT2D eigenvalue weighted by molar-refractivity contribution is -0.143. The fourth-order valence-corrected chi connectivity index (χ4v) is 3.21. The van der Waals surface area contributed by atoms with Gasteiger partial charge >= 0.3 is 18.4 Å². The normalized spacial score (nSPS) is 11.6. The maximum absolute atomic E-state index is 14.5. The van der Waals surface area contributed by atoms with E-state index < -0.39 is 68.5 Å². The zero-order chi connectivity index (χ0) is 28.9. The minimum absolute atomic E-state index is 0.115. The van der Waals surface area contributed by atoms with Gasteiger partial charge in [-0.15, -0.1) is 0 Å². The molecule has 0 heterocycles. The third-order valence-electron chi connectivity index (χ3n) is 3.96. The van der Waals surface area contributed by atoms with E-state index in [1.165, 1.54) is 0 Å². The molecular formula is C20H10B3ClF8INO2S. The first-order chi connectivity index (χ1) is 16.9. The monoisotopic (exact) mass is 675 g/mol. The van der Waals surface area contributed by atoms with Crippen LogP contribution in [0, 0.1) is 22.8 Å². The molecule has 0 aliphatic carbocycles. The minimum Gasteiger partial charge on any atom is -0.408 e. The fraction of sp³-hybridized carbons (Fsp3) is 0.250. The fourth-order valence-electron chi connectivity index (χ4n) is 2.57. The third kappa shape index (κ3) is 8.38. The van der Waals surface area contributed by atoms with E-state index in [1.807, 2.05) is 19.8 Å². The molecule has 0 N–H and O–H groups in total. The minimum atomic E-state index is -5.48. The van der Waals surface area contributed by atoms with Crippen LogP contribution >= 0.6 is 41.7 Å². The number of nitrogens with zero attached hydrogens (tertiary/aromatic N) is 1. The van der Waals surface area contributed by atoms with E-state index in [9.17, 15) is 39.9 Å². The first kappa shape index (κ1) is 33.3. The Balaban J connectivity index is 0.00000334. The van der Waals surface area contributed by atoms with Gasteiger partial charge < -0.3 is 4.74 Å². The summed E-state index contributed by atoms with van der Waals surface area (Å²) < 4.78 is 113. The van der Waals surface area contributed by atoms with Crippen molar-refractivity contribution in [3.63, 3.8) is 0 Å².